The second-order valence-corrected chi connectivity index (χ2v) is 7.58. The predicted molar refractivity (Wildman–Crippen MR) is 89.6 cm³/mol. The van der Waals surface area contributed by atoms with Gasteiger partial charge in [-0.2, -0.15) is 0 Å². The second-order valence-electron chi connectivity index (χ2n) is 5.62. The first-order valence-electron chi connectivity index (χ1n) is 7.92. The smallest absolute Gasteiger partial charge is 0.305 e. The lowest BCUT2D eigenvalue weighted by Crippen LogP contribution is -2.18. The molecule has 0 amide bonds. The van der Waals surface area contributed by atoms with Crippen LogP contribution in [0.15, 0.2) is 12.1 Å². The van der Waals surface area contributed by atoms with Gasteiger partial charge in [0.25, 0.3) is 0 Å². The molecule has 1 rings (SSSR count). The third-order valence-electron chi connectivity index (χ3n) is 3.43. The summed E-state index contributed by atoms with van der Waals surface area (Å²) in [6, 6.07) is 4.09. The van der Waals surface area contributed by atoms with E-state index >= 15 is 0 Å². The fraction of sp³-hybridized carbons (Fsp3) is 0.647. The monoisotopic (exact) mass is 312 g/mol. The van der Waals surface area contributed by atoms with Gasteiger partial charge >= 0.3 is 7.60 Å². The molecule has 0 aliphatic heterocycles. The van der Waals surface area contributed by atoms with Gasteiger partial charge in [-0.3, -0.25) is 4.57 Å². The Labute approximate surface area is 129 Å². The summed E-state index contributed by atoms with van der Waals surface area (Å²) < 4.78 is 24.7. The van der Waals surface area contributed by atoms with Crippen molar-refractivity contribution in [3.05, 3.63) is 28.8 Å². The van der Waals surface area contributed by atoms with Crippen molar-refractivity contribution in [1.29, 1.82) is 0 Å². The number of hydrogen-bond donors (Lipinski definition) is 0. The lowest BCUT2D eigenvalue weighted by Gasteiger charge is -2.22. The molecule has 1 aromatic carbocycles. The third-order valence-corrected chi connectivity index (χ3v) is 5.73. The van der Waals surface area contributed by atoms with Crippen LogP contribution < -0.4 is 5.30 Å². The molecule has 0 N–H and O–H groups in total. The Hall–Kier alpha value is -0.630. The Morgan fingerprint density at radius 3 is 1.71 bits per heavy atom. The highest BCUT2D eigenvalue weighted by Gasteiger charge is 2.31. The van der Waals surface area contributed by atoms with Crippen LogP contribution in [0.3, 0.4) is 0 Å². The summed E-state index contributed by atoms with van der Waals surface area (Å²) in [6.45, 7) is 11.1. The van der Waals surface area contributed by atoms with Gasteiger partial charge in [-0.25, -0.2) is 0 Å². The Kier molecular flexibility index (Phi) is 7.65. The van der Waals surface area contributed by atoms with E-state index in [0.29, 0.717) is 13.2 Å². The number of benzene rings is 1. The van der Waals surface area contributed by atoms with Crippen molar-refractivity contribution in [3.8, 4) is 0 Å². The lowest BCUT2D eigenvalue weighted by atomic mass is 10.1. The highest BCUT2D eigenvalue weighted by Crippen LogP contribution is 2.49. The Morgan fingerprint density at radius 1 is 0.905 bits per heavy atom. The molecule has 0 heterocycles. The van der Waals surface area contributed by atoms with Crippen molar-refractivity contribution in [3.63, 3.8) is 0 Å². The van der Waals surface area contributed by atoms with Gasteiger partial charge in [-0.15, -0.1) is 0 Å². The molecule has 0 saturated carbocycles. The lowest BCUT2D eigenvalue weighted by molar-refractivity contribution is 0.208. The molecule has 0 aliphatic rings. The summed E-state index contributed by atoms with van der Waals surface area (Å²) in [4.78, 5) is 0. The van der Waals surface area contributed by atoms with Crippen LogP contribution in [0.2, 0.25) is 0 Å². The SMILES string of the molecule is CCCCOP(=O)(OCCCC)c1c(C)cc(C)cc1C. The van der Waals surface area contributed by atoms with E-state index in [1.165, 1.54) is 5.56 Å². The van der Waals surface area contributed by atoms with Crippen LogP contribution in [0.25, 0.3) is 0 Å². The van der Waals surface area contributed by atoms with Crippen molar-refractivity contribution < 1.29 is 13.6 Å². The maximum absolute atomic E-state index is 13.3. The largest absolute Gasteiger partial charge is 0.361 e. The molecule has 0 unspecified atom stereocenters. The van der Waals surface area contributed by atoms with E-state index in [2.05, 4.69) is 13.8 Å². The molecule has 0 fully saturated rings. The summed E-state index contributed by atoms with van der Waals surface area (Å²) in [6.07, 6.45) is 3.82. The summed E-state index contributed by atoms with van der Waals surface area (Å²) in [7, 11) is -3.23. The first kappa shape index (κ1) is 18.4. The molecule has 120 valence electrons. The topological polar surface area (TPSA) is 35.5 Å². The second kappa shape index (κ2) is 8.73. The van der Waals surface area contributed by atoms with Crippen molar-refractivity contribution in [2.24, 2.45) is 0 Å². The van der Waals surface area contributed by atoms with Crippen molar-refractivity contribution >= 4 is 12.9 Å². The van der Waals surface area contributed by atoms with E-state index in [9.17, 15) is 4.57 Å². The van der Waals surface area contributed by atoms with Crippen molar-refractivity contribution in [2.75, 3.05) is 13.2 Å². The highest BCUT2D eigenvalue weighted by atomic mass is 31.2. The first-order valence-corrected chi connectivity index (χ1v) is 9.46. The van der Waals surface area contributed by atoms with Gasteiger partial charge in [0, 0.05) is 0 Å². The molecular weight excluding hydrogens is 283 g/mol. The maximum atomic E-state index is 13.3. The van der Waals surface area contributed by atoms with Gasteiger partial charge < -0.3 is 9.05 Å². The third kappa shape index (κ3) is 5.25. The first-order chi connectivity index (χ1) is 9.94. The molecule has 0 saturated heterocycles. The quantitative estimate of drug-likeness (QED) is 0.472. The average molecular weight is 312 g/mol. The molecule has 3 nitrogen and oxygen atoms in total. The van der Waals surface area contributed by atoms with E-state index in [-0.39, 0.29) is 0 Å². The Balaban J connectivity index is 3.07. The van der Waals surface area contributed by atoms with E-state index in [1.54, 1.807) is 0 Å². The minimum absolute atomic E-state index is 0.479. The molecule has 0 radical (unpaired) electrons. The van der Waals surface area contributed by atoms with Crippen LogP contribution in [0.4, 0.5) is 0 Å². The summed E-state index contributed by atoms with van der Waals surface area (Å²) in [5.41, 5.74) is 3.15. The van der Waals surface area contributed by atoms with Crippen LogP contribution in [-0.4, -0.2) is 13.2 Å². The minimum Gasteiger partial charge on any atom is -0.305 e. The number of rotatable bonds is 9. The number of hydrogen-bond acceptors (Lipinski definition) is 3. The van der Waals surface area contributed by atoms with E-state index in [4.69, 9.17) is 9.05 Å². The van der Waals surface area contributed by atoms with E-state index < -0.39 is 7.60 Å². The van der Waals surface area contributed by atoms with Crippen LogP contribution in [0.1, 0.15) is 56.2 Å². The zero-order valence-electron chi connectivity index (χ0n) is 14.1. The Morgan fingerprint density at radius 2 is 1.33 bits per heavy atom. The molecule has 0 aromatic heterocycles. The molecule has 1 aromatic rings. The van der Waals surface area contributed by atoms with Gasteiger partial charge in [0.05, 0.1) is 18.5 Å². The van der Waals surface area contributed by atoms with E-state index in [0.717, 1.165) is 42.1 Å². The van der Waals surface area contributed by atoms with Crippen LogP contribution in [-0.2, 0) is 13.6 Å². The fourth-order valence-corrected chi connectivity index (χ4v) is 4.49. The molecule has 0 atom stereocenters. The Bertz CT molecular complexity index is 460. The van der Waals surface area contributed by atoms with Gasteiger partial charge in [-0.05, 0) is 44.7 Å². The molecule has 0 bridgehead atoms. The predicted octanol–water partition coefficient (Wildman–Crippen LogP) is 5.06. The molecule has 4 heteroatoms. The highest BCUT2D eigenvalue weighted by molar-refractivity contribution is 7.62. The number of aryl methyl sites for hydroxylation is 3. The van der Waals surface area contributed by atoms with Crippen molar-refractivity contribution in [1.82, 2.24) is 0 Å². The average Bonchev–Trinajstić information content (AvgIpc) is 2.38. The summed E-state index contributed by atoms with van der Waals surface area (Å²) in [5, 5.41) is 0.750. The molecule has 21 heavy (non-hydrogen) atoms. The zero-order valence-corrected chi connectivity index (χ0v) is 15.0. The van der Waals surface area contributed by atoms with Crippen LogP contribution in [0.5, 0.6) is 0 Å². The molecule has 0 spiro atoms. The molecule has 0 aliphatic carbocycles. The minimum atomic E-state index is -3.23. The molecular formula is C17H29O3P. The number of unbranched alkanes of at least 4 members (excludes halogenated alkanes) is 2. The maximum Gasteiger partial charge on any atom is 0.361 e. The van der Waals surface area contributed by atoms with Gasteiger partial charge in [0.15, 0.2) is 0 Å². The van der Waals surface area contributed by atoms with Crippen molar-refractivity contribution in [2.45, 2.75) is 60.3 Å². The van der Waals surface area contributed by atoms with Gasteiger partial charge in [0.1, 0.15) is 0 Å². The van der Waals surface area contributed by atoms with Gasteiger partial charge in [-0.1, -0.05) is 44.4 Å². The zero-order chi connectivity index (χ0) is 15.9. The van der Waals surface area contributed by atoms with Crippen LogP contribution in [0, 0.1) is 20.8 Å². The fourth-order valence-electron chi connectivity index (χ4n) is 2.43. The van der Waals surface area contributed by atoms with E-state index in [1.807, 2.05) is 32.9 Å². The normalized spacial score (nSPS) is 11.9. The van der Waals surface area contributed by atoms with Crippen LogP contribution >= 0.6 is 7.60 Å². The standard InChI is InChI=1S/C17H29O3P/c1-6-8-10-19-21(18,20-11-9-7-2)17-15(4)12-14(3)13-16(17)5/h12-13H,6-11H2,1-5H3. The summed E-state index contributed by atoms with van der Waals surface area (Å²) >= 11 is 0. The van der Waals surface area contributed by atoms with Gasteiger partial charge in [0.2, 0.25) is 0 Å². The summed E-state index contributed by atoms with van der Waals surface area (Å²) in [5.74, 6) is 0.